The maximum absolute atomic E-state index is 11.6. The number of nitrogens with zero attached hydrogens (tertiary/aromatic N) is 1. The lowest BCUT2D eigenvalue weighted by molar-refractivity contribution is -0.143. The van der Waals surface area contributed by atoms with E-state index in [1.54, 1.807) is 6.07 Å². The molecule has 21 heavy (non-hydrogen) atoms. The standard InChI is InChI=1S/C17H18N2O2/c1-19-10-13(11-6-3-2-4-7-11)12-8-5-9-14(18)15(12)16(19)17(20)21/h2-9,13,16H,10,18H2,1H3,(H,20,21). The second-order valence-corrected chi connectivity index (χ2v) is 5.49. The van der Waals surface area contributed by atoms with E-state index in [0.717, 1.165) is 11.1 Å². The van der Waals surface area contributed by atoms with Crippen LogP contribution in [-0.2, 0) is 4.79 Å². The van der Waals surface area contributed by atoms with Crippen LogP contribution in [0.2, 0.25) is 0 Å². The summed E-state index contributed by atoms with van der Waals surface area (Å²) in [5.41, 5.74) is 9.56. The molecule has 1 aliphatic rings. The molecule has 0 amide bonds. The van der Waals surface area contributed by atoms with Gasteiger partial charge >= 0.3 is 5.97 Å². The predicted molar refractivity (Wildman–Crippen MR) is 82.1 cm³/mol. The van der Waals surface area contributed by atoms with E-state index in [-0.39, 0.29) is 5.92 Å². The summed E-state index contributed by atoms with van der Waals surface area (Å²) in [5, 5.41) is 9.54. The first kappa shape index (κ1) is 13.6. The van der Waals surface area contributed by atoms with Crippen LogP contribution in [0.5, 0.6) is 0 Å². The molecule has 0 fully saturated rings. The summed E-state index contributed by atoms with van der Waals surface area (Å²) in [5.74, 6) is -0.714. The molecule has 0 saturated heterocycles. The molecule has 0 radical (unpaired) electrons. The van der Waals surface area contributed by atoms with Crippen molar-refractivity contribution in [1.82, 2.24) is 4.90 Å². The molecule has 1 heterocycles. The number of hydrogen-bond acceptors (Lipinski definition) is 3. The smallest absolute Gasteiger partial charge is 0.325 e. The maximum Gasteiger partial charge on any atom is 0.325 e. The fourth-order valence-corrected chi connectivity index (χ4v) is 3.22. The van der Waals surface area contributed by atoms with Crippen molar-refractivity contribution in [2.75, 3.05) is 19.3 Å². The third kappa shape index (κ3) is 2.28. The highest BCUT2D eigenvalue weighted by Gasteiger charge is 2.37. The highest BCUT2D eigenvalue weighted by molar-refractivity contribution is 5.80. The molecular weight excluding hydrogens is 264 g/mol. The molecule has 2 aromatic rings. The Morgan fingerprint density at radius 3 is 2.57 bits per heavy atom. The van der Waals surface area contributed by atoms with Crippen LogP contribution in [0.3, 0.4) is 0 Å². The molecule has 4 heteroatoms. The van der Waals surface area contributed by atoms with Crippen molar-refractivity contribution < 1.29 is 9.90 Å². The van der Waals surface area contributed by atoms with Crippen LogP contribution < -0.4 is 5.73 Å². The van der Waals surface area contributed by atoms with E-state index in [1.165, 1.54) is 5.56 Å². The first-order valence-corrected chi connectivity index (χ1v) is 6.96. The second-order valence-electron chi connectivity index (χ2n) is 5.49. The lowest BCUT2D eigenvalue weighted by atomic mass is 9.81. The molecule has 1 aliphatic heterocycles. The number of anilines is 1. The van der Waals surface area contributed by atoms with Crippen molar-refractivity contribution in [3.63, 3.8) is 0 Å². The van der Waals surface area contributed by atoms with E-state index < -0.39 is 12.0 Å². The monoisotopic (exact) mass is 282 g/mol. The minimum absolute atomic E-state index is 0.144. The summed E-state index contributed by atoms with van der Waals surface area (Å²) >= 11 is 0. The van der Waals surface area contributed by atoms with Gasteiger partial charge in [-0.2, -0.15) is 0 Å². The quantitative estimate of drug-likeness (QED) is 0.830. The number of rotatable bonds is 2. The van der Waals surface area contributed by atoms with Crippen LogP contribution in [0.15, 0.2) is 48.5 Å². The van der Waals surface area contributed by atoms with Gasteiger partial charge in [0.25, 0.3) is 0 Å². The van der Waals surface area contributed by atoms with Gasteiger partial charge in [0.2, 0.25) is 0 Å². The SMILES string of the molecule is CN1CC(c2ccccc2)c2cccc(N)c2C1C(=O)O. The minimum Gasteiger partial charge on any atom is -0.480 e. The molecule has 4 nitrogen and oxygen atoms in total. The van der Waals surface area contributed by atoms with Gasteiger partial charge in [0.1, 0.15) is 6.04 Å². The van der Waals surface area contributed by atoms with Gasteiger partial charge in [-0.15, -0.1) is 0 Å². The Morgan fingerprint density at radius 1 is 1.19 bits per heavy atom. The van der Waals surface area contributed by atoms with Gasteiger partial charge in [0.05, 0.1) is 0 Å². The summed E-state index contributed by atoms with van der Waals surface area (Å²) in [6, 6.07) is 15.1. The van der Waals surface area contributed by atoms with Crippen LogP contribution in [0, 0.1) is 0 Å². The molecule has 3 N–H and O–H groups in total. The third-order valence-electron chi connectivity index (χ3n) is 4.17. The van der Waals surface area contributed by atoms with E-state index in [2.05, 4.69) is 12.1 Å². The molecule has 108 valence electrons. The topological polar surface area (TPSA) is 66.6 Å². The largest absolute Gasteiger partial charge is 0.480 e. The van der Waals surface area contributed by atoms with Gasteiger partial charge in [-0.1, -0.05) is 42.5 Å². The third-order valence-corrected chi connectivity index (χ3v) is 4.17. The van der Waals surface area contributed by atoms with E-state index in [9.17, 15) is 9.90 Å². The normalized spacial score (nSPS) is 21.8. The number of likely N-dealkylation sites (N-methyl/N-ethyl adjacent to an activating group) is 1. The zero-order chi connectivity index (χ0) is 15.0. The lowest BCUT2D eigenvalue weighted by Crippen LogP contribution is -2.39. The molecule has 0 aromatic heterocycles. The van der Waals surface area contributed by atoms with E-state index in [4.69, 9.17) is 5.73 Å². The van der Waals surface area contributed by atoms with Gasteiger partial charge in [0.15, 0.2) is 0 Å². The van der Waals surface area contributed by atoms with Crippen LogP contribution in [0.1, 0.15) is 28.7 Å². The number of hydrogen-bond donors (Lipinski definition) is 2. The number of aliphatic carboxylic acids is 1. The average Bonchev–Trinajstić information content (AvgIpc) is 2.48. The molecule has 0 bridgehead atoms. The van der Waals surface area contributed by atoms with Gasteiger partial charge in [0, 0.05) is 23.7 Å². The van der Waals surface area contributed by atoms with Crippen molar-refractivity contribution in [3.8, 4) is 0 Å². The Balaban J connectivity index is 2.17. The van der Waals surface area contributed by atoms with Gasteiger partial charge < -0.3 is 10.8 Å². The zero-order valence-electron chi connectivity index (χ0n) is 11.9. The number of fused-ring (bicyclic) bond motifs is 1. The Kier molecular flexibility index (Phi) is 3.39. The average molecular weight is 282 g/mol. The van der Waals surface area contributed by atoms with Crippen LogP contribution >= 0.6 is 0 Å². The molecule has 2 aromatic carbocycles. The second kappa shape index (κ2) is 5.22. The molecule has 2 unspecified atom stereocenters. The van der Waals surface area contributed by atoms with Gasteiger partial charge in [-0.25, -0.2) is 0 Å². The first-order chi connectivity index (χ1) is 10.1. The van der Waals surface area contributed by atoms with Crippen LogP contribution in [0.25, 0.3) is 0 Å². The lowest BCUT2D eigenvalue weighted by Gasteiger charge is -2.37. The minimum atomic E-state index is -0.858. The number of carbonyl (C=O) groups is 1. The van der Waals surface area contributed by atoms with E-state index in [1.807, 2.05) is 42.3 Å². The summed E-state index contributed by atoms with van der Waals surface area (Å²) in [6.07, 6.45) is 0. The highest BCUT2D eigenvalue weighted by atomic mass is 16.4. The van der Waals surface area contributed by atoms with Gasteiger partial charge in [-0.3, -0.25) is 9.69 Å². The number of carboxylic acid groups (broad SMARTS) is 1. The number of carboxylic acids is 1. The molecular formula is C17H18N2O2. The molecule has 3 rings (SSSR count). The number of nitrogens with two attached hydrogens (primary N) is 1. The summed E-state index contributed by atoms with van der Waals surface area (Å²) < 4.78 is 0. The Labute approximate surface area is 123 Å². The molecule has 0 aliphatic carbocycles. The zero-order valence-corrected chi connectivity index (χ0v) is 11.9. The van der Waals surface area contributed by atoms with E-state index >= 15 is 0 Å². The molecule has 0 spiro atoms. The number of nitrogen functional groups attached to an aromatic ring is 1. The fourth-order valence-electron chi connectivity index (χ4n) is 3.22. The summed E-state index contributed by atoms with van der Waals surface area (Å²) in [4.78, 5) is 13.5. The van der Waals surface area contributed by atoms with Crippen LogP contribution in [0.4, 0.5) is 5.69 Å². The first-order valence-electron chi connectivity index (χ1n) is 6.96. The maximum atomic E-state index is 11.6. The van der Waals surface area contributed by atoms with Gasteiger partial charge in [-0.05, 0) is 24.2 Å². The van der Waals surface area contributed by atoms with Crippen molar-refractivity contribution in [2.24, 2.45) is 0 Å². The highest BCUT2D eigenvalue weighted by Crippen LogP contribution is 2.41. The summed E-state index contributed by atoms with van der Waals surface area (Å²) in [7, 11) is 1.84. The van der Waals surface area contributed by atoms with Crippen molar-refractivity contribution in [1.29, 1.82) is 0 Å². The molecule has 0 saturated carbocycles. The van der Waals surface area contributed by atoms with Crippen molar-refractivity contribution >= 4 is 11.7 Å². The van der Waals surface area contributed by atoms with Crippen LogP contribution in [-0.4, -0.2) is 29.6 Å². The Hall–Kier alpha value is -2.33. The predicted octanol–water partition coefficient (Wildman–Crippen LogP) is 2.47. The van der Waals surface area contributed by atoms with Crippen molar-refractivity contribution in [2.45, 2.75) is 12.0 Å². The Morgan fingerprint density at radius 2 is 1.90 bits per heavy atom. The molecule has 2 atom stereocenters. The van der Waals surface area contributed by atoms with Crippen molar-refractivity contribution in [3.05, 3.63) is 65.2 Å². The fraction of sp³-hybridized carbons (Fsp3) is 0.235. The summed E-state index contributed by atoms with van der Waals surface area (Å²) in [6.45, 7) is 0.664. The number of benzene rings is 2. The van der Waals surface area contributed by atoms with E-state index in [0.29, 0.717) is 12.2 Å². The Bertz CT molecular complexity index is 670.